The van der Waals surface area contributed by atoms with E-state index in [1.165, 1.54) is 0 Å². The van der Waals surface area contributed by atoms with Gasteiger partial charge in [0, 0.05) is 25.0 Å². The Kier molecular flexibility index (Phi) is 5.83. The molecule has 1 saturated heterocycles. The second-order valence-corrected chi connectivity index (χ2v) is 5.31. The van der Waals surface area contributed by atoms with E-state index in [9.17, 15) is 5.11 Å². The molecule has 112 valence electrons. The van der Waals surface area contributed by atoms with Gasteiger partial charge in [0.2, 0.25) is 0 Å². The fourth-order valence-corrected chi connectivity index (χ4v) is 2.81. The van der Waals surface area contributed by atoms with Gasteiger partial charge in [0.15, 0.2) is 0 Å². The van der Waals surface area contributed by atoms with Gasteiger partial charge in [0.25, 0.3) is 0 Å². The summed E-state index contributed by atoms with van der Waals surface area (Å²) in [4.78, 5) is 0. The first kappa shape index (κ1) is 15.3. The molecule has 4 heteroatoms. The number of hydrogen-bond donors (Lipinski definition) is 2. The average molecular weight is 279 g/mol. The van der Waals surface area contributed by atoms with Crippen molar-refractivity contribution in [1.82, 2.24) is 0 Å². The Morgan fingerprint density at radius 3 is 2.70 bits per heavy atom. The highest BCUT2D eigenvalue weighted by Gasteiger charge is 2.29. The number of rotatable bonds is 6. The molecule has 0 bridgehead atoms. The lowest BCUT2D eigenvalue weighted by molar-refractivity contribution is -0.0184. The Labute approximate surface area is 120 Å². The lowest BCUT2D eigenvalue weighted by atomic mass is 9.83. The van der Waals surface area contributed by atoms with Gasteiger partial charge in [0.1, 0.15) is 5.75 Å². The molecule has 1 heterocycles. The number of hydrogen-bond acceptors (Lipinski definition) is 4. The quantitative estimate of drug-likeness (QED) is 0.835. The number of benzene rings is 1. The van der Waals surface area contributed by atoms with Gasteiger partial charge < -0.3 is 20.3 Å². The number of aliphatic hydroxyl groups is 1. The lowest BCUT2D eigenvalue weighted by Gasteiger charge is -2.32. The van der Waals surface area contributed by atoms with Gasteiger partial charge in [-0.2, -0.15) is 0 Å². The first-order chi connectivity index (χ1) is 9.76. The number of ether oxygens (including phenoxy) is 2. The van der Waals surface area contributed by atoms with Crippen molar-refractivity contribution >= 4 is 0 Å². The molecule has 0 spiro atoms. The van der Waals surface area contributed by atoms with Crippen LogP contribution in [0.3, 0.4) is 0 Å². The second-order valence-electron chi connectivity index (χ2n) is 5.31. The van der Waals surface area contributed by atoms with Crippen molar-refractivity contribution in [3.8, 4) is 5.75 Å². The van der Waals surface area contributed by atoms with Crippen LogP contribution in [0, 0.1) is 5.92 Å². The molecule has 3 unspecified atom stereocenters. The van der Waals surface area contributed by atoms with E-state index in [2.05, 4.69) is 0 Å². The molecule has 20 heavy (non-hydrogen) atoms. The van der Waals surface area contributed by atoms with E-state index in [-0.39, 0.29) is 11.8 Å². The van der Waals surface area contributed by atoms with Gasteiger partial charge in [-0.15, -0.1) is 0 Å². The predicted octanol–water partition coefficient (Wildman–Crippen LogP) is 1.92. The minimum atomic E-state index is -0.446. The van der Waals surface area contributed by atoms with Crippen molar-refractivity contribution in [2.24, 2.45) is 11.7 Å². The summed E-state index contributed by atoms with van der Waals surface area (Å²) in [5.74, 6) is 0.990. The van der Waals surface area contributed by atoms with Gasteiger partial charge in [0.05, 0.1) is 19.3 Å². The maximum Gasteiger partial charge on any atom is 0.119 e. The first-order valence-corrected chi connectivity index (χ1v) is 7.45. The Hall–Kier alpha value is -1.10. The molecule has 1 aliphatic heterocycles. The Balaban J connectivity index is 2.05. The molecule has 0 saturated carbocycles. The van der Waals surface area contributed by atoms with Gasteiger partial charge in [-0.05, 0) is 37.5 Å². The third-order valence-electron chi connectivity index (χ3n) is 3.96. The normalized spacial score (nSPS) is 22.2. The maximum atomic E-state index is 10.6. The van der Waals surface area contributed by atoms with E-state index >= 15 is 0 Å². The van der Waals surface area contributed by atoms with Crippen LogP contribution in [0.25, 0.3) is 0 Å². The van der Waals surface area contributed by atoms with Gasteiger partial charge in [-0.25, -0.2) is 0 Å². The van der Waals surface area contributed by atoms with Crippen LogP contribution in [0.4, 0.5) is 0 Å². The average Bonchev–Trinajstić information content (AvgIpc) is 2.51. The predicted molar refractivity (Wildman–Crippen MR) is 79.0 cm³/mol. The lowest BCUT2D eigenvalue weighted by Crippen LogP contribution is -2.36. The summed E-state index contributed by atoms with van der Waals surface area (Å²) in [5, 5.41) is 10.6. The highest BCUT2D eigenvalue weighted by molar-refractivity contribution is 5.30. The number of nitrogens with two attached hydrogens (primary N) is 1. The fourth-order valence-electron chi connectivity index (χ4n) is 2.81. The molecule has 4 nitrogen and oxygen atoms in total. The van der Waals surface area contributed by atoms with Gasteiger partial charge in [-0.1, -0.05) is 12.1 Å². The molecular weight excluding hydrogens is 254 g/mol. The van der Waals surface area contributed by atoms with Gasteiger partial charge >= 0.3 is 0 Å². The third kappa shape index (κ3) is 3.72. The van der Waals surface area contributed by atoms with E-state index in [0.717, 1.165) is 30.8 Å². The zero-order valence-electron chi connectivity index (χ0n) is 12.1. The minimum absolute atomic E-state index is 0.0441. The Morgan fingerprint density at radius 2 is 2.15 bits per heavy atom. The van der Waals surface area contributed by atoms with E-state index in [0.29, 0.717) is 19.8 Å². The third-order valence-corrected chi connectivity index (χ3v) is 3.96. The zero-order valence-corrected chi connectivity index (χ0v) is 12.1. The molecular formula is C16H25NO3. The van der Waals surface area contributed by atoms with Crippen LogP contribution in [-0.4, -0.2) is 37.6 Å². The van der Waals surface area contributed by atoms with Crippen LogP contribution in [0.15, 0.2) is 24.3 Å². The number of aliphatic hydroxyl groups excluding tert-OH is 1. The summed E-state index contributed by atoms with van der Waals surface area (Å²) in [6.07, 6.45) is 1.58. The SMILES string of the molecule is CCOc1ccc(C(CN)C(O)C2CCCOC2)cc1. The van der Waals surface area contributed by atoms with Crippen LogP contribution < -0.4 is 10.5 Å². The first-order valence-electron chi connectivity index (χ1n) is 7.45. The van der Waals surface area contributed by atoms with Crippen molar-refractivity contribution in [2.75, 3.05) is 26.4 Å². The Bertz CT molecular complexity index is 387. The van der Waals surface area contributed by atoms with Crippen molar-refractivity contribution in [3.63, 3.8) is 0 Å². The van der Waals surface area contributed by atoms with Crippen molar-refractivity contribution in [3.05, 3.63) is 29.8 Å². The standard InChI is InChI=1S/C16H25NO3/c1-2-20-14-7-5-12(6-8-14)15(10-17)16(18)13-4-3-9-19-11-13/h5-8,13,15-16,18H,2-4,9-11,17H2,1H3. The molecule has 0 radical (unpaired) electrons. The monoisotopic (exact) mass is 279 g/mol. The molecule has 1 aliphatic rings. The summed E-state index contributed by atoms with van der Waals surface area (Å²) in [5.41, 5.74) is 6.94. The van der Waals surface area contributed by atoms with E-state index in [4.69, 9.17) is 15.2 Å². The Morgan fingerprint density at radius 1 is 1.40 bits per heavy atom. The maximum absolute atomic E-state index is 10.6. The molecule has 1 aromatic carbocycles. The van der Waals surface area contributed by atoms with Crippen LogP contribution in [-0.2, 0) is 4.74 Å². The van der Waals surface area contributed by atoms with Crippen LogP contribution in [0.1, 0.15) is 31.2 Å². The topological polar surface area (TPSA) is 64.7 Å². The van der Waals surface area contributed by atoms with Crippen LogP contribution >= 0.6 is 0 Å². The van der Waals surface area contributed by atoms with Crippen molar-refractivity contribution in [1.29, 1.82) is 0 Å². The van der Waals surface area contributed by atoms with E-state index < -0.39 is 6.10 Å². The molecule has 3 N–H and O–H groups in total. The smallest absolute Gasteiger partial charge is 0.119 e. The molecule has 2 rings (SSSR count). The largest absolute Gasteiger partial charge is 0.494 e. The summed E-state index contributed by atoms with van der Waals surface area (Å²) in [6.45, 7) is 4.49. The van der Waals surface area contributed by atoms with Crippen molar-refractivity contribution in [2.45, 2.75) is 31.8 Å². The molecule has 3 atom stereocenters. The fraction of sp³-hybridized carbons (Fsp3) is 0.625. The highest BCUT2D eigenvalue weighted by atomic mass is 16.5. The molecule has 0 aliphatic carbocycles. The highest BCUT2D eigenvalue weighted by Crippen LogP contribution is 2.29. The summed E-state index contributed by atoms with van der Waals surface area (Å²) < 4.78 is 10.9. The van der Waals surface area contributed by atoms with Crippen LogP contribution in [0.2, 0.25) is 0 Å². The summed E-state index contributed by atoms with van der Waals surface area (Å²) >= 11 is 0. The van der Waals surface area contributed by atoms with Gasteiger partial charge in [-0.3, -0.25) is 0 Å². The second kappa shape index (κ2) is 7.62. The molecule has 1 fully saturated rings. The van der Waals surface area contributed by atoms with Crippen LogP contribution in [0.5, 0.6) is 5.75 Å². The zero-order chi connectivity index (χ0) is 14.4. The molecule has 1 aromatic rings. The van der Waals surface area contributed by atoms with E-state index in [1.807, 2.05) is 31.2 Å². The molecule has 0 amide bonds. The van der Waals surface area contributed by atoms with Crippen molar-refractivity contribution < 1.29 is 14.6 Å². The molecule has 0 aromatic heterocycles. The summed E-state index contributed by atoms with van der Waals surface area (Å²) in [6, 6.07) is 7.86. The summed E-state index contributed by atoms with van der Waals surface area (Å²) in [7, 11) is 0. The minimum Gasteiger partial charge on any atom is -0.494 e. The van der Waals surface area contributed by atoms with E-state index in [1.54, 1.807) is 0 Å².